The smallest absolute Gasteiger partial charge is 0.136 e. The van der Waals surface area contributed by atoms with E-state index in [0.717, 1.165) is 12.8 Å². The third-order valence-electron chi connectivity index (χ3n) is 3.65. The topological polar surface area (TPSA) is 17.1 Å². The molecule has 0 radical (unpaired) electrons. The first-order chi connectivity index (χ1) is 6.02. The van der Waals surface area contributed by atoms with Crippen molar-refractivity contribution in [1.29, 1.82) is 0 Å². The molecule has 0 aromatic carbocycles. The van der Waals surface area contributed by atoms with Crippen molar-refractivity contribution in [3.05, 3.63) is 0 Å². The summed E-state index contributed by atoms with van der Waals surface area (Å²) < 4.78 is -0.751. The van der Waals surface area contributed by atoms with Crippen molar-refractivity contribution >= 4 is 29.0 Å². The molecular weight excluding hydrogens is 207 g/mol. The molecule has 13 heavy (non-hydrogen) atoms. The van der Waals surface area contributed by atoms with Gasteiger partial charge < -0.3 is 0 Å². The molecule has 0 heterocycles. The van der Waals surface area contributed by atoms with E-state index in [9.17, 15) is 4.79 Å². The van der Waals surface area contributed by atoms with Crippen LogP contribution in [0, 0.1) is 11.3 Å². The molecule has 1 nitrogen and oxygen atoms in total. The summed E-state index contributed by atoms with van der Waals surface area (Å²) >= 11 is 12.4. The van der Waals surface area contributed by atoms with Gasteiger partial charge in [0.15, 0.2) is 0 Å². The molecule has 0 aliphatic heterocycles. The summed E-state index contributed by atoms with van der Waals surface area (Å²) in [6.45, 7) is 1.60. The number of rotatable bonds is 1. The van der Waals surface area contributed by atoms with Crippen molar-refractivity contribution in [3.63, 3.8) is 0 Å². The van der Waals surface area contributed by atoms with E-state index < -0.39 is 4.33 Å². The predicted molar refractivity (Wildman–Crippen MR) is 54.1 cm³/mol. The Hall–Kier alpha value is 0.250. The van der Waals surface area contributed by atoms with E-state index >= 15 is 0 Å². The summed E-state index contributed by atoms with van der Waals surface area (Å²) in [5.74, 6) is 0.0653. The minimum Gasteiger partial charge on any atom is -0.300 e. The lowest BCUT2D eigenvalue weighted by Crippen LogP contribution is -2.14. The zero-order valence-corrected chi connectivity index (χ0v) is 9.29. The van der Waals surface area contributed by atoms with Crippen LogP contribution in [0.15, 0.2) is 0 Å². The first kappa shape index (κ1) is 9.79. The Morgan fingerprint density at radius 1 is 1.23 bits per heavy atom. The van der Waals surface area contributed by atoms with Crippen LogP contribution in [0.5, 0.6) is 0 Å². The van der Waals surface area contributed by atoms with Crippen LogP contribution in [0.25, 0.3) is 0 Å². The molecule has 1 spiro atoms. The second kappa shape index (κ2) is 2.87. The molecule has 0 amide bonds. The molecule has 2 rings (SSSR count). The van der Waals surface area contributed by atoms with Crippen LogP contribution in [0.3, 0.4) is 0 Å². The molecule has 1 atom stereocenters. The first-order valence-corrected chi connectivity index (χ1v) is 5.66. The van der Waals surface area contributed by atoms with E-state index in [0.29, 0.717) is 0 Å². The number of alkyl halides is 2. The Labute approximate surface area is 88.8 Å². The first-order valence-electron chi connectivity index (χ1n) is 4.91. The number of carbonyl (C=O) groups excluding carboxylic acids is 1. The van der Waals surface area contributed by atoms with E-state index in [4.69, 9.17) is 23.2 Å². The lowest BCUT2D eigenvalue weighted by Gasteiger charge is -2.22. The molecule has 1 unspecified atom stereocenters. The number of Topliss-reactive ketones (excluding diaryl/α,β-unsaturated/α-hetero) is 1. The van der Waals surface area contributed by atoms with Crippen LogP contribution in [0.1, 0.15) is 39.0 Å². The maximum atomic E-state index is 11.3. The van der Waals surface area contributed by atoms with Crippen LogP contribution in [-0.2, 0) is 4.79 Å². The number of carbonyl (C=O) groups is 1. The van der Waals surface area contributed by atoms with Gasteiger partial charge in [0.1, 0.15) is 10.1 Å². The molecule has 74 valence electrons. The molecule has 0 saturated heterocycles. The fourth-order valence-electron chi connectivity index (χ4n) is 2.96. The molecule has 2 aliphatic carbocycles. The Morgan fingerprint density at radius 2 is 1.77 bits per heavy atom. The third kappa shape index (κ3) is 1.16. The molecule has 0 N–H and O–H groups in total. The summed E-state index contributed by atoms with van der Waals surface area (Å²) in [6.07, 6.45) is 5.67. The quantitative estimate of drug-likeness (QED) is 0.620. The average Bonchev–Trinajstić information content (AvgIpc) is 2.48. The number of hydrogen-bond acceptors (Lipinski definition) is 1. The molecule has 3 heteroatoms. The lowest BCUT2D eigenvalue weighted by atomic mass is 9.84. The van der Waals surface area contributed by atoms with Crippen LogP contribution >= 0.6 is 23.2 Å². The summed E-state index contributed by atoms with van der Waals surface area (Å²) in [7, 11) is 0. The van der Waals surface area contributed by atoms with Crippen molar-refractivity contribution in [2.75, 3.05) is 0 Å². The minimum absolute atomic E-state index is 0.0554. The molecule has 0 aromatic heterocycles. The van der Waals surface area contributed by atoms with E-state index in [1.807, 2.05) is 0 Å². The molecule has 0 aromatic rings. The highest BCUT2D eigenvalue weighted by molar-refractivity contribution is 6.53. The number of ketones is 1. The summed E-state index contributed by atoms with van der Waals surface area (Å²) in [6, 6.07) is 0. The normalized spacial score (nSPS) is 34.5. The second-order valence-corrected chi connectivity index (χ2v) is 5.77. The summed E-state index contributed by atoms with van der Waals surface area (Å²) in [5, 5.41) is 0. The van der Waals surface area contributed by atoms with Crippen LogP contribution in [0.4, 0.5) is 0 Å². The largest absolute Gasteiger partial charge is 0.300 e. The zero-order chi connectivity index (χ0) is 9.69. The Balaban J connectivity index is 2.20. The molecule has 2 fully saturated rings. The SMILES string of the molecule is CC(=O)C1C(Cl)(Cl)C12CCCCC2. The third-order valence-corrected chi connectivity index (χ3v) is 4.84. The van der Waals surface area contributed by atoms with Gasteiger partial charge in [0.2, 0.25) is 0 Å². The highest BCUT2D eigenvalue weighted by Crippen LogP contribution is 2.74. The summed E-state index contributed by atoms with van der Waals surface area (Å²) in [4.78, 5) is 11.3. The van der Waals surface area contributed by atoms with Crippen molar-refractivity contribution in [2.24, 2.45) is 11.3 Å². The molecule has 2 aliphatic rings. The standard InChI is InChI=1S/C10H14Cl2O/c1-7(13)8-9(10(8,11)12)5-3-2-4-6-9/h8H,2-6H2,1H3. The second-order valence-electron chi connectivity index (χ2n) is 4.38. The van der Waals surface area contributed by atoms with E-state index in [2.05, 4.69) is 0 Å². The Morgan fingerprint density at radius 3 is 2.15 bits per heavy atom. The number of halogens is 2. The van der Waals surface area contributed by atoms with Gasteiger partial charge in [0.05, 0.1) is 5.92 Å². The summed E-state index contributed by atoms with van der Waals surface area (Å²) in [5.41, 5.74) is -0.0554. The zero-order valence-electron chi connectivity index (χ0n) is 7.78. The lowest BCUT2D eigenvalue weighted by molar-refractivity contribution is -0.119. The number of hydrogen-bond donors (Lipinski definition) is 0. The van der Waals surface area contributed by atoms with Gasteiger partial charge >= 0.3 is 0 Å². The van der Waals surface area contributed by atoms with Gasteiger partial charge in [0.25, 0.3) is 0 Å². The minimum atomic E-state index is -0.751. The van der Waals surface area contributed by atoms with Gasteiger partial charge in [-0.25, -0.2) is 0 Å². The van der Waals surface area contributed by atoms with Crippen molar-refractivity contribution < 1.29 is 4.79 Å². The highest BCUT2D eigenvalue weighted by Gasteiger charge is 2.76. The molecule has 0 bridgehead atoms. The van der Waals surface area contributed by atoms with Gasteiger partial charge in [-0.3, -0.25) is 4.79 Å². The van der Waals surface area contributed by atoms with Gasteiger partial charge in [-0.15, -0.1) is 23.2 Å². The fourth-order valence-corrected chi connectivity index (χ4v) is 4.17. The predicted octanol–water partition coefficient (Wildman–Crippen LogP) is 3.33. The maximum Gasteiger partial charge on any atom is 0.136 e. The monoisotopic (exact) mass is 220 g/mol. The Kier molecular flexibility index (Phi) is 2.16. The van der Waals surface area contributed by atoms with Gasteiger partial charge in [-0.1, -0.05) is 19.3 Å². The van der Waals surface area contributed by atoms with Crippen molar-refractivity contribution in [1.82, 2.24) is 0 Å². The van der Waals surface area contributed by atoms with E-state index in [-0.39, 0.29) is 17.1 Å². The maximum absolute atomic E-state index is 11.3. The molecule has 2 saturated carbocycles. The average molecular weight is 221 g/mol. The van der Waals surface area contributed by atoms with Crippen molar-refractivity contribution in [2.45, 2.75) is 43.4 Å². The van der Waals surface area contributed by atoms with Gasteiger partial charge in [0, 0.05) is 5.41 Å². The van der Waals surface area contributed by atoms with Gasteiger partial charge in [-0.05, 0) is 19.8 Å². The highest BCUT2D eigenvalue weighted by atomic mass is 35.5. The van der Waals surface area contributed by atoms with Crippen molar-refractivity contribution in [3.8, 4) is 0 Å². The van der Waals surface area contributed by atoms with Crippen LogP contribution in [-0.4, -0.2) is 10.1 Å². The van der Waals surface area contributed by atoms with Gasteiger partial charge in [-0.2, -0.15) is 0 Å². The van der Waals surface area contributed by atoms with Crippen LogP contribution in [0.2, 0.25) is 0 Å². The fraction of sp³-hybridized carbons (Fsp3) is 0.900. The van der Waals surface area contributed by atoms with E-state index in [1.54, 1.807) is 6.92 Å². The Bertz CT molecular complexity index is 241. The van der Waals surface area contributed by atoms with Crippen LogP contribution < -0.4 is 0 Å². The molecular formula is C10H14Cl2O. The van der Waals surface area contributed by atoms with E-state index in [1.165, 1.54) is 19.3 Å².